The van der Waals surface area contributed by atoms with Crippen molar-refractivity contribution in [3.63, 3.8) is 0 Å². The minimum atomic E-state index is -5.09. The molecule has 0 aliphatic carbocycles. The number of hydrogen-bond donors (Lipinski definition) is 1. The quantitative estimate of drug-likeness (QED) is 0.472. The molecular weight excluding hydrogens is 258 g/mol. The van der Waals surface area contributed by atoms with Crippen molar-refractivity contribution in [2.45, 2.75) is 31.0 Å². The molecule has 0 aromatic rings. The normalized spacial score (nSPS) is 16.2. The Labute approximate surface area is 91.7 Å². The zero-order valence-corrected chi connectivity index (χ0v) is 8.23. The molecule has 0 amide bonds. The summed E-state index contributed by atoms with van der Waals surface area (Å²) in [5, 5.41) is 8.52. The minimum absolute atomic E-state index is 0.244. The van der Waals surface area contributed by atoms with E-state index in [-0.39, 0.29) is 6.08 Å². The van der Waals surface area contributed by atoms with E-state index in [9.17, 15) is 31.1 Å². The molecule has 0 aromatic carbocycles. The second kappa shape index (κ2) is 4.94. The van der Waals surface area contributed by atoms with E-state index >= 15 is 0 Å². The average molecular weight is 266 g/mol. The van der Waals surface area contributed by atoms with Gasteiger partial charge in [-0.3, -0.25) is 0 Å². The minimum Gasteiger partial charge on any atom is -0.393 e. The summed E-state index contributed by atoms with van der Waals surface area (Å²) in [6, 6.07) is 0. The molecule has 17 heavy (non-hydrogen) atoms. The molecule has 0 spiro atoms. The van der Waals surface area contributed by atoms with E-state index in [0.29, 0.717) is 0 Å². The van der Waals surface area contributed by atoms with E-state index in [4.69, 9.17) is 5.11 Å². The second-order valence-electron chi connectivity index (χ2n) is 3.02. The van der Waals surface area contributed by atoms with Crippen molar-refractivity contribution in [3.8, 4) is 0 Å². The molecule has 1 unspecified atom stereocenters. The van der Waals surface area contributed by atoms with Gasteiger partial charge in [-0.1, -0.05) is 6.58 Å². The Hall–Kier alpha value is -1.25. The Morgan fingerprint density at radius 3 is 2.00 bits per heavy atom. The molecule has 100 valence electrons. The van der Waals surface area contributed by atoms with Gasteiger partial charge in [-0.05, 0) is 0 Å². The number of carbonyl (C=O) groups excluding carboxylic acids is 1. The van der Waals surface area contributed by atoms with E-state index in [0.717, 1.165) is 0 Å². The second-order valence-corrected chi connectivity index (χ2v) is 3.02. The van der Waals surface area contributed by atoms with Gasteiger partial charge >= 0.3 is 24.1 Å². The van der Waals surface area contributed by atoms with E-state index in [2.05, 4.69) is 11.3 Å². The number of ether oxygens (including phenoxy) is 1. The maximum Gasteiger partial charge on any atom is 0.461 e. The molecule has 3 nitrogen and oxygen atoms in total. The van der Waals surface area contributed by atoms with Crippen molar-refractivity contribution < 1.29 is 41.0 Å². The molecule has 0 aliphatic rings. The van der Waals surface area contributed by atoms with E-state index in [1.807, 2.05) is 0 Å². The zero-order valence-electron chi connectivity index (χ0n) is 8.23. The maximum absolute atomic E-state index is 12.9. The van der Waals surface area contributed by atoms with Crippen LogP contribution in [-0.2, 0) is 9.53 Å². The van der Waals surface area contributed by atoms with Gasteiger partial charge in [-0.2, -0.15) is 22.0 Å². The van der Waals surface area contributed by atoms with Crippen LogP contribution in [0.4, 0.5) is 26.3 Å². The first-order valence-corrected chi connectivity index (χ1v) is 4.12. The Morgan fingerprint density at radius 2 is 1.65 bits per heavy atom. The van der Waals surface area contributed by atoms with Gasteiger partial charge in [0.1, 0.15) is 0 Å². The Balaban J connectivity index is 4.66. The summed E-state index contributed by atoms with van der Waals surface area (Å²) in [4.78, 5) is 10.4. The van der Waals surface area contributed by atoms with Gasteiger partial charge in [0.05, 0.1) is 0 Å². The third-order valence-corrected chi connectivity index (χ3v) is 1.58. The summed E-state index contributed by atoms with van der Waals surface area (Å²) in [7, 11) is 0. The number of halogens is 6. The lowest BCUT2D eigenvalue weighted by atomic mass is 10.1. The predicted molar refractivity (Wildman–Crippen MR) is 42.6 cm³/mol. The molecule has 0 bridgehead atoms. The fourth-order valence-corrected chi connectivity index (χ4v) is 0.699. The maximum atomic E-state index is 12.9. The molecular formula is C8H8F6O3. The van der Waals surface area contributed by atoms with Crippen LogP contribution in [0.15, 0.2) is 12.7 Å². The lowest BCUT2D eigenvalue weighted by Crippen LogP contribution is -2.47. The SMILES string of the molecule is C=CC(=O)OC(F)(F)C(O)(F)CCC(F)(F)F. The standard InChI is InChI=1S/C8H8F6O3/c1-2-5(15)17-8(13,14)6(9,16)3-4-7(10,11)12/h2,16H,1,3-4H2. The van der Waals surface area contributed by atoms with Crippen molar-refractivity contribution in [1.29, 1.82) is 0 Å². The van der Waals surface area contributed by atoms with Crippen LogP contribution in [0.3, 0.4) is 0 Å². The van der Waals surface area contributed by atoms with Crippen LogP contribution >= 0.6 is 0 Å². The van der Waals surface area contributed by atoms with Gasteiger partial charge in [-0.25, -0.2) is 9.18 Å². The van der Waals surface area contributed by atoms with Crippen LogP contribution < -0.4 is 0 Å². The number of carbonyl (C=O) groups is 1. The highest BCUT2D eigenvalue weighted by Crippen LogP contribution is 2.38. The van der Waals surface area contributed by atoms with Gasteiger partial charge in [0.25, 0.3) is 0 Å². The Kier molecular flexibility index (Phi) is 4.58. The molecule has 0 saturated carbocycles. The van der Waals surface area contributed by atoms with Crippen LogP contribution in [-0.4, -0.2) is 29.2 Å². The van der Waals surface area contributed by atoms with Crippen LogP contribution in [0.5, 0.6) is 0 Å². The summed E-state index contributed by atoms with van der Waals surface area (Å²) < 4.78 is 76.5. The fraction of sp³-hybridized carbons (Fsp3) is 0.625. The molecule has 1 N–H and O–H groups in total. The third kappa shape index (κ3) is 5.07. The van der Waals surface area contributed by atoms with Gasteiger partial charge in [0.2, 0.25) is 0 Å². The molecule has 0 fully saturated rings. The van der Waals surface area contributed by atoms with Gasteiger partial charge in [0, 0.05) is 18.9 Å². The largest absolute Gasteiger partial charge is 0.461 e. The van der Waals surface area contributed by atoms with Crippen molar-refractivity contribution in [3.05, 3.63) is 12.7 Å². The van der Waals surface area contributed by atoms with E-state index < -0.39 is 37.0 Å². The topological polar surface area (TPSA) is 46.5 Å². The lowest BCUT2D eigenvalue weighted by molar-refractivity contribution is -0.359. The number of aliphatic hydroxyl groups is 1. The monoisotopic (exact) mass is 266 g/mol. The summed E-state index contributed by atoms with van der Waals surface area (Å²) >= 11 is 0. The van der Waals surface area contributed by atoms with Crippen LogP contribution in [0, 0.1) is 0 Å². The van der Waals surface area contributed by atoms with Gasteiger partial charge < -0.3 is 9.84 Å². The number of esters is 1. The molecule has 0 saturated heterocycles. The number of hydrogen-bond acceptors (Lipinski definition) is 3. The molecule has 9 heteroatoms. The first-order valence-electron chi connectivity index (χ1n) is 4.12. The van der Waals surface area contributed by atoms with Crippen molar-refractivity contribution in [2.24, 2.45) is 0 Å². The van der Waals surface area contributed by atoms with Crippen molar-refractivity contribution in [2.75, 3.05) is 0 Å². The third-order valence-electron chi connectivity index (χ3n) is 1.58. The average Bonchev–Trinajstić information content (AvgIpc) is 2.12. The molecule has 1 atom stereocenters. The van der Waals surface area contributed by atoms with E-state index in [1.165, 1.54) is 0 Å². The first kappa shape index (κ1) is 15.8. The Bertz CT molecular complexity index is 296. The molecule has 0 aromatic heterocycles. The molecule has 0 heterocycles. The Morgan fingerprint density at radius 1 is 1.18 bits per heavy atom. The van der Waals surface area contributed by atoms with Gasteiger partial charge in [-0.15, -0.1) is 0 Å². The highest BCUT2D eigenvalue weighted by Gasteiger charge is 2.58. The van der Waals surface area contributed by atoms with Crippen LogP contribution in [0.1, 0.15) is 12.8 Å². The molecule has 0 rings (SSSR count). The fourth-order valence-electron chi connectivity index (χ4n) is 0.699. The highest BCUT2D eigenvalue weighted by atomic mass is 19.4. The first-order chi connectivity index (χ1) is 7.41. The summed E-state index contributed by atoms with van der Waals surface area (Å²) in [5.41, 5.74) is 0. The number of alkyl halides is 6. The van der Waals surface area contributed by atoms with Crippen LogP contribution in [0.2, 0.25) is 0 Å². The predicted octanol–water partition coefficient (Wildman–Crippen LogP) is 2.31. The van der Waals surface area contributed by atoms with Crippen molar-refractivity contribution >= 4 is 5.97 Å². The van der Waals surface area contributed by atoms with Crippen molar-refractivity contribution in [1.82, 2.24) is 0 Å². The summed E-state index contributed by atoms with van der Waals surface area (Å²) in [6.45, 7) is 2.72. The van der Waals surface area contributed by atoms with Crippen LogP contribution in [0.25, 0.3) is 0 Å². The van der Waals surface area contributed by atoms with Gasteiger partial charge in [0.15, 0.2) is 0 Å². The molecule has 0 aliphatic heterocycles. The summed E-state index contributed by atoms with van der Waals surface area (Å²) in [5.74, 6) is -6.39. The highest BCUT2D eigenvalue weighted by molar-refractivity contribution is 5.81. The zero-order chi connectivity index (χ0) is 13.9. The molecule has 0 radical (unpaired) electrons. The number of rotatable bonds is 5. The smallest absolute Gasteiger partial charge is 0.393 e. The lowest BCUT2D eigenvalue weighted by Gasteiger charge is -2.27. The van der Waals surface area contributed by atoms with E-state index in [1.54, 1.807) is 0 Å². The summed E-state index contributed by atoms with van der Waals surface area (Å²) in [6.07, 6.45) is -13.7.